The van der Waals surface area contributed by atoms with Gasteiger partial charge in [0.05, 0.1) is 6.10 Å². The van der Waals surface area contributed by atoms with E-state index in [0.29, 0.717) is 0 Å². The largest absolute Gasteiger partial charge is 0.844 e. The van der Waals surface area contributed by atoms with Gasteiger partial charge in [-0.25, -0.2) is 0 Å². The van der Waals surface area contributed by atoms with Crippen LogP contribution in [0.1, 0.15) is 0 Å². The molecule has 0 aliphatic heterocycles. The molecule has 6 nitrogen and oxygen atoms in total. The van der Waals surface area contributed by atoms with Gasteiger partial charge >= 0.3 is 0 Å². The van der Waals surface area contributed by atoms with E-state index >= 15 is 0 Å². The number of hydrogen-bond acceptors (Lipinski definition) is 6. The Morgan fingerprint density at radius 1 is 1.00 bits per heavy atom. The van der Waals surface area contributed by atoms with Gasteiger partial charge in [-0.15, -0.1) is 0 Å². The van der Waals surface area contributed by atoms with Crippen molar-refractivity contribution >= 4 is 5.78 Å². The van der Waals surface area contributed by atoms with E-state index in [1.54, 1.807) is 0 Å². The van der Waals surface area contributed by atoms with Crippen LogP contribution >= 0.6 is 0 Å². The normalized spacial score (nSPS) is 49.4. The predicted molar refractivity (Wildman–Crippen MR) is 32.8 cm³/mol. The third-order valence-corrected chi connectivity index (χ3v) is 1.91. The summed E-state index contributed by atoms with van der Waals surface area (Å²) in [5, 5.41) is 46.2. The van der Waals surface area contributed by atoms with Crippen LogP contribution in [-0.2, 0) is 4.79 Å². The van der Waals surface area contributed by atoms with Crippen LogP contribution in [0.4, 0.5) is 0 Å². The van der Waals surface area contributed by atoms with Gasteiger partial charge in [0, 0.05) is 0 Å². The fraction of sp³-hybridized carbons (Fsp3) is 0.833. The fourth-order valence-corrected chi connectivity index (χ4v) is 1.07. The van der Waals surface area contributed by atoms with Crippen molar-refractivity contribution in [3.05, 3.63) is 0 Å². The third kappa shape index (κ3) is 1.23. The van der Waals surface area contributed by atoms with Gasteiger partial charge in [0.15, 0.2) is 5.78 Å². The molecule has 0 radical (unpaired) electrons. The molecule has 1 aliphatic carbocycles. The number of Topliss-reactive ketones (excluding diaryl/α,β-unsaturated/α-hetero) is 1. The molecule has 0 bridgehead atoms. The molecule has 4 N–H and O–H groups in total. The second-order valence-electron chi connectivity index (χ2n) is 2.74. The monoisotopic (exact) mass is 177 g/mol. The molecule has 70 valence electrons. The van der Waals surface area contributed by atoms with E-state index in [2.05, 4.69) is 0 Å². The van der Waals surface area contributed by atoms with Gasteiger partial charge in [0.25, 0.3) is 0 Å². The van der Waals surface area contributed by atoms with Gasteiger partial charge < -0.3 is 25.5 Å². The SMILES string of the molecule is O=C1C([O-])C(O)[C@H](O)C(O)C1O. The highest BCUT2D eigenvalue weighted by atomic mass is 16.4. The van der Waals surface area contributed by atoms with Crippen LogP contribution < -0.4 is 5.11 Å². The average Bonchev–Trinajstić information content (AvgIpc) is 2.08. The van der Waals surface area contributed by atoms with E-state index in [-0.39, 0.29) is 0 Å². The maximum atomic E-state index is 10.7. The van der Waals surface area contributed by atoms with Crippen LogP contribution in [0.3, 0.4) is 0 Å². The standard InChI is InChI=1S/C6H9O6/c7-1-2(8)4(10)6(12)5(11)3(1)9/h1-5,7-10H/q-1/t1-,2?,3?,4?,5?/m1/s1. The zero-order chi connectivity index (χ0) is 9.46. The van der Waals surface area contributed by atoms with Crippen LogP contribution in [-0.4, -0.2) is 56.7 Å². The summed E-state index contributed by atoms with van der Waals surface area (Å²) in [5.74, 6) is -1.19. The fourth-order valence-electron chi connectivity index (χ4n) is 1.07. The Balaban J connectivity index is 2.83. The van der Waals surface area contributed by atoms with Crippen LogP contribution in [0, 0.1) is 0 Å². The van der Waals surface area contributed by atoms with Crippen LogP contribution in [0.25, 0.3) is 0 Å². The van der Waals surface area contributed by atoms with Gasteiger partial charge in [-0.05, 0) is 6.10 Å². The quantitative estimate of drug-likeness (QED) is 0.297. The van der Waals surface area contributed by atoms with Gasteiger partial charge in [0.2, 0.25) is 0 Å². The van der Waals surface area contributed by atoms with E-state index in [0.717, 1.165) is 0 Å². The Bertz CT molecular complexity index is 174. The van der Waals surface area contributed by atoms with Crippen molar-refractivity contribution in [1.82, 2.24) is 0 Å². The van der Waals surface area contributed by atoms with Gasteiger partial charge in [-0.2, -0.15) is 0 Å². The molecular weight excluding hydrogens is 168 g/mol. The number of ketones is 1. The second-order valence-corrected chi connectivity index (χ2v) is 2.74. The molecule has 0 saturated heterocycles. The minimum absolute atomic E-state index is 1.19. The average molecular weight is 177 g/mol. The molecular formula is C6H9O6-. The number of hydrogen-bond donors (Lipinski definition) is 4. The van der Waals surface area contributed by atoms with Crippen molar-refractivity contribution in [3.63, 3.8) is 0 Å². The van der Waals surface area contributed by atoms with Crippen molar-refractivity contribution in [2.24, 2.45) is 0 Å². The Kier molecular flexibility index (Phi) is 2.45. The van der Waals surface area contributed by atoms with Crippen molar-refractivity contribution in [2.45, 2.75) is 30.5 Å². The van der Waals surface area contributed by atoms with E-state index in [1.165, 1.54) is 0 Å². The summed E-state index contributed by atoms with van der Waals surface area (Å²) in [6.07, 6.45) is -9.38. The molecule has 0 aromatic rings. The summed E-state index contributed by atoms with van der Waals surface area (Å²) in [6, 6.07) is 0. The number of rotatable bonds is 0. The Morgan fingerprint density at radius 3 is 2.00 bits per heavy atom. The lowest BCUT2D eigenvalue weighted by Crippen LogP contribution is -2.65. The molecule has 0 aromatic heterocycles. The smallest absolute Gasteiger partial charge is 0.153 e. The molecule has 5 atom stereocenters. The minimum Gasteiger partial charge on any atom is -0.844 e. The van der Waals surface area contributed by atoms with Crippen molar-refractivity contribution in [3.8, 4) is 0 Å². The topological polar surface area (TPSA) is 121 Å². The molecule has 0 heterocycles. The van der Waals surface area contributed by atoms with Crippen LogP contribution in [0.2, 0.25) is 0 Å². The lowest BCUT2D eigenvalue weighted by molar-refractivity contribution is -0.432. The van der Waals surface area contributed by atoms with Gasteiger partial charge in [-0.1, -0.05) is 0 Å². The Morgan fingerprint density at radius 2 is 1.50 bits per heavy atom. The van der Waals surface area contributed by atoms with Crippen LogP contribution in [0.15, 0.2) is 0 Å². The van der Waals surface area contributed by atoms with Gasteiger partial charge in [-0.3, -0.25) is 4.79 Å². The second kappa shape index (κ2) is 3.08. The molecule has 0 aromatic carbocycles. The lowest BCUT2D eigenvalue weighted by Gasteiger charge is -2.40. The first kappa shape index (κ1) is 9.56. The lowest BCUT2D eigenvalue weighted by atomic mass is 9.86. The van der Waals surface area contributed by atoms with Crippen molar-refractivity contribution < 1.29 is 30.3 Å². The molecule has 0 spiro atoms. The molecule has 1 saturated carbocycles. The Hall–Kier alpha value is -0.530. The zero-order valence-electron chi connectivity index (χ0n) is 5.99. The summed E-state index contributed by atoms with van der Waals surface area (Å²) in [7, 11) is 0. The molecule has 1 rings (SSSR count). The molecule has 6 heteroatoms. The number of aliphatic hydroxyl groups is 4. The molecule has 1 aliphatic rings. The number of aliphatic hydroxyl groups excluding tert-OH is 4. The van der Waals surface area contributed by atoms with E-state index in [4.69, 9.17) is 20.4 Å². The highest BCUT2D eigenvalue weighted by Gasteiger charge is 2.42. The maximum absolute atomic E-state index is 10.7. The van der Waals surface area contributed by atoms with Crippen molar-refractivity contribution in [2.75, 3.05) is 0 Å². The molecule has 4 unspecified atom stereocenters. The first-order valence-electron chi connectivity index (χ1n) is 3.38. The van der Waals surface area contributed by atoms with Crippen molar-refractivity contribution in [1.29, 1.82) is 0 Å². The highest BCUT2D eigenvalue weighted by molar-refractivity contribution is 5.89. The molecule has 12 heavy (non-hydrogen) atoms. The summed E-state index contributed by atoms with van der Waals surface area (Å²) >= 11 is 0. The molecule has 0 amide bonds. The first-order valence-corrected chi connectivity index (χ1v) is 3.38. The highest BCUT2D eigenvalue weighted by Crippen LogP contribution is 2.16. The van der Waals surface area contributed by atoms with E-state index in [1.807, 2.05) is 0 Å². The maximum Gasteiger partial charge on any atom is 0.153 e. The summed E-state index contributed by atoms with van der Waals surface area (Å²) in [6.45, 7) is 0. The zero-order valence-corrected chi connectivity index (χ0v) is 5.99. The summed E-state index contributed by atoms with van der Waals surface area (Å²) in [5.41, 5.74) is 0. The third-order valence-electron chi connectivity index (χ3n) is 1.91. The van der Waals surface area contributed by atoms with E-state index in [9.17, 15) is 9.90 Å². The van der Waals surface area contributed by atoms with Gasteiger partial charge in [0.1, 0.15) is 18.3 Å². The summed E-state index contributed by atoms with van der Waals surface area (Å²) < 4.78 is 0. The Labute approximate surface area is 67.7 Å². The number of carbonyl (C=O) groups excluding carboxylic acids is 1. The van der Waals surface area contributed by atoms with Crippen LogP contribution in [0.5, 0.6) is 0 Å². The molecule has 1 fully saturated rings. The van der Waals surface area contributed by atoms with E-state index < -0.39 is 36.3 Å². The minimum atomic E-state index is -2.08. The first-order chi connectivity index (χ1) is 5.46. The summed E-state index contributed by atoms with van der Waals surface area (Å²) in [4.78, 5) is 10.7. The predicted octanol–water partition coefficient (Wildman–Crippen LogP) is -4.26. The number of carbonyl (C=O) groups is 1.